The van der Waals surface area contributed by atoms with Crippen LogP contribution in [0.2, 0.25) is 19.6 Å². The molecule has 1 unspecified atom stereocenters. The van der Waals surface area contributed by atoms with Crippen LogP contribution in [0.5, 0.6) is 0 Å². The third-order valence-electron chi connectivity index (χ3n) is 3.24. The molecule has 1 aromatic carbocycles. The highest BCUT2D eigenvalue weighted by molar-refractivity contribution is 6.83. The highest BCUT2D eigenvalue weighted by atomic mass is 28.3. The molecule has 0 spiro atoms. The van der Waals surface area contributed by atoms with Gasteiger partial charge >= 0.3 is 0 Å². The topological polar surface area (TPSA) is 20.2 Å². The summed E-state index contributed by atoms with van der Waals surface area (Å²) in [5.74, 6) is 0. The molecule has 0 aliphatic heterocycles. The quantitative estimate of drug-likeness (QED) is 0.624. The van der Waals surface area contributed by atoms with Gasteiger partial charge in [-0.05, 0) is 24.6 Å². The molecule has 1 rings (SSSR count). The number of hydrogen-bond acceptors (Lipinski definition) is 1. The van der Waals surface area contributed by atoms with E-state index in [0.29, 0.717) is 0 Å². The maximum atomic E-state index is 10.7. The number of hydrogen-bond donors (Lipinski definition) is 1. The molecule has 1 atom stereocenters. The van der Waals surface area contributed by atoms with E-state index in [1.54, 1.807) is 0 Å². The van der Waals surface area contributed by atoms with Crippen molar-refractivity contribution >= 4 is 8.07 Å². The first-order valence-corrected chi connectivity index (χ1v) is 9.85. The van der Waals surface area contributed by atoms with Crippen molar-refractivity contribution in [1.29, 1.82) is 0 Å². The van der Waals surface area contributed by atoms with Crippen molar-refractivity contribution in [2.24, 2.45) is 0 Å². The van der Waals surface area contributed by atoms with Crippen LogP contribution in [0.4, 0.5) is 0 Å². The van der Waals surface area contributed by atoms with E-state index in [9.17, 15) is 5.11 Å². The Morgan fingerprint density at radius 2 is 1.61 bits per heavy atom. The SMILES string of the molecule is C=C(C)/C(C)=C(/C(O)c1ccccc1)[Si](C)(C)C. The van der Waals surface area contributed by atoms with E-state index in [1.165, 1.54) is 5.20 Å². The monoisotopic (exact) mass is 260 g/mol. The molecule has 1 N–H and O–H groups in total. The predicted molar refractivity (Wildman–Crippen MR) is 82.3 cm³/mol. The fourth-order valence-corrected chi connectivity index (χ4v) is 4.53. The normalized spacial score (nSPS) is 15.0. The van der Waals surface area contributed by atoms with Gasteiger partial charge in [-0.15, -0.1) is 0 Å². The van der Waals surface area contributed by atoms with Gasteiger partial charge in [0, 0.05) is 0 Å². The number of allylic oxidation sites excluding steroid dienone is 2. The van der Waals surface area contributed by atoms with Gasteiger partial charge in [0.05, 0.1) is 14.2 Å². The second kappa shape index (κ2) is 5.68. The molecule has 0 aliphatic carbocycles. The average Bonchev–Trinajstić information content (AvgIpc) is 2.28. The minimum atomic E-state index is -1.59. The van der Waals surface area contributed by atoms with Crippen LogP contribution in [0.1, 0.15) is 25.5 Å². The van der Waals surface area contributed by atoms with Crippen LogP contribution in [0.15, 0.2) is 53.3 Å². The van der Waals surface area contributed by atoms with Gasteiger partial charge in [0.15, 0.2) is 0 Å². The fraction of sp³-hybridized carbons (Fsp3) is 0.375. The van der Waals surface area contributed by atoms with Crippen LogP contribution in [0.3, 0.4) is 0 Å². The number of rotatable bonds is 4. The third-order valence-corrected chi connectivity index (χ3v) is 5.51. The molecule has 0 aromatic heterocycles. The Morgan fingerprint density at radius 3 is 2.00 bits per heavy atom. The molecule has 0 bridgehead atoms. The zero-order chi connectivity index (χ0) is 13.9. The maximum Gasteiger partial charge on any atom is 0.0971 e. The van der Waals surface area contributed by atoms with Crippen LogP contribution in [0, 0.1) is 0 Å². The van der Waals surface area contributed by atoms with E-state index < -0.39 is 14.2 Å². The lowest BCUT2D eigenvalue weighted by molar-refractivity contribution is 0.221. The van der Waals surface area contributed by atoms with Gasteiger partial charge in [-0.25, -0.2) is 0 Å². The van der Waals surface area contributed by atoms with Gasteiger partial charge < -0.3 is 5.11 Å². The molecule has 1 aromatic rings. The van der Waals surface area contributed by atoms with Crippen LogP contribution >= 0.6 is 0 Å². The van der Waals surface area contributed by atoms with Crippen molar-refractivity contribution in [1.82, 2.24) is 0 Å². The molecule has 0 aliphatic rings. The Balaban J connectivity index is 3.31. The first-order chi connectivity index (χ1) is 8.25. The summed E-state index contributed by atoms with van der Waals surface area (Å²) in [5.41, 5.74) is 3.17. The predicted octanol–water partition coefficient (Wildman–Crippen LogP) is 4.49. The second-order valence-electron chi connectivity index (χ2n) is 5.88. The van der Waals surface area contributed by atoms with Crippen molar-refractivity contribution in [2.75, 3.05) is 0 Å². The molecule has 0 fully saturated rings. The molecule has 98 valence electrons. The van der Waals surface area contributed by atoms with Gasteiger partial charge in [-0.1, -0.05) is 67.7 Å². The lowest BCUT2D eigenvalue weighted by atomic mass is 10.0. The lowest BCUT2D eigenvalue weighted by Crippen LogP contribution is -2.30. The van der Waals surface area contributed by atoms with Crippen LogP contribution < -0.4 is 0 Å². The maximum absolute atomic E-state index is 10.7. The molecule has 18 heavy (non-hydrogen) atoms. The highest BCUT2D eigenvalue weighted by Crippen LogP contribution is 2.33. The van der Waals surface area contributed by atoms with E-state index in [4.69, 9.17) is 0 Å². The molecular formula is C16H24OSi. The minimum Gasteiger partial charge on any atom is -0.384 e. The summed E-state index contributed by atoms with van der Waals surface area (Å²) in [7, 11) is -1.59. The number of aliphatic hydroxyl groups excluding tert-OH is 1. The smallest absolute Gasteiger partial charge is 0.0971 e. The van der Waals surface area contributed by atoms with E-state index in [1.807, 2.05) is 37.3 Å². The largest absolute Gasteiger partial charge is 0.384 e. The van der Waals surface area contributed by atoms with E-state index in [-0.39, 0.29) is 0 Å². The Morgan fingerprint density at radius 1 is 1.11 bits per heavy atom. The van der Waals surface area contributed by atoms with Gasteiger partial charge in [-0.2, -0.15) is 0 Å². The molecule has 0 saturated carbocycles. The second-order valence-corrected chi connectivity index (χ2v) is 10.9. The average molecular weight is 260 g/mol. The molecule has 0 heterocycles. The van der Waals surface area contributed by atoms with Gasteiger partial charge in [0.1, 0.15) is 0 Å². The summed E-state index contributed by atoms with van der Waals surface area (Å²) in [6.45, 7) is 14.9. The van der Waals surface area contributed by atoms with Crippen molar-refractivity contribution in [3.05, 3.63) is 58.8 Å². The third kappa shape index (κ3) is 3.44. The van der Waals surface area contributed by atoms with Gasteiger partial charge in [0.2, 0.25) is 0 Å². The molecular weight excluding hydrogens is 236 g/mol. The summed E-state index contributed by atoms with van der Waals surface area (Å²) in [5, 5.41) is 11.9. The highest BCUT2D eigenvalue weighted by Gasteiger charge is 2.28. The van der Waals surface area contributed by atoms with Crippen molar-refractivity contribution in [2.45, 2.75) is 39.6 Å². The Hall–Kier alpha value is -1.12. The zero-order valence-corrected chi connectivity index (χ0v) is 13.1. The van der Waals surface area contributed by atoms with E-state index in [2.05, 4.69) is 33.1 Å². The van der Waals surface area contributed by atoms with Crippen LogP contribution in [-0.4, -0.2) is 13.2 Å². The standard InChI is InChI=1S/C16H24OSi/c1-12(2)13(3)16(18(4,5)6)15(17)14-10-8-7-9-11-14/h7-11,15,17H,1H2,2-6H3/b16-13-. The first kappa shape index (κ1) is 14.9. The van der Waals surface area contributed by atoms with E-state index >= 15 is 0 Å². The molecule has 2 heteroatoms. The zero-order valence-electron chi connectivity index (χ0n) is 12.1. The molecule has 1 nitrogen and oxygen atoms in total. The van der Waals surface area contributed by atoms with Gasteiger partial charge in [-0.3, -0.25) is 0 Å². The van der Waals surface area contributed by atoms with Crippen molar-refractivity contribution in [3.63, 3.8) is 0 Å². The summed E-state index contributed by atoms with van der Waals surface area (Å²) in [6, 6.07) is 9.87. The summed E-state index contributed by atoms with van der Waals surface area (Å²) in [6.07, 6.45) is -0.505. The Labute approximate surface area is 112 Å². The molecule has 0 radical (unpaired) electrons. The minimum absolute atomic E-state index is 0.505. The Kier molecular flexibility index (Phi) is 4.71. The number of benzene rings is 1. The summed E-state index contributed by atoms with van der Waals surface area (Å²) in [4.78, 5) is 0. The van der Waals surface area contributed by atoms with E-state index in [0.717, 1.165) is 16.7 Å². The van der Waals surface area contributed by atoms with Crippen molar-refractivity contribution < 1.29 is 5.11 Å². The lowest BCUT2D eigenvalue weighted by Gasteiger charge is -2.29. The summed E-state index contributed by atoms with van der Waals surface area (Å²) < 4.78 is 0. The molecule has 0 amide bonds. The van der Waals surface area contributed by atoms with Crippen LogP contribution in [0.25, 0.3) is 0 Å². The molecule has 0 saturated heterocycles. The van der Waals surface area contributed by atoms with Crippen LogP contribution in [-0.2, 0) is 0 Å². The number of aliphatic hydroxyl groups is 1. The summed E-state index contributed by atoms with van der Waals surface area (Å²) >= 11 is 0. The van der Waals surface area contributed by atoms with Gasteiger partial charge in [0.25, 0.3) is 0 Å². The first-order valence-electron chi connectivity index (χ1n) is 6.35. The fourth-order valence-electron chi connectivity index (χ4n) is 2.21. The van der Waals surface area contributed by atoms with Crippen molar-refractivity contribution in [3.8, 4) is 0 Å². The Bertz CT molecular complexity index is 452.